The van der Waals surface area contributed by atoms with Gasteiger partial charge in [0.2, 0.25) is 5.56 Å². The van der Waals surface area contributed by atoms with Crippen molar-refractivity contribution in [3.05, 3.63) is 34.4 Å². The topological polar surface area (TPSA) is 110 Å². The molecule has 0 radical (unpaired) electrons. The Bertz CT molecular complexity index is 647. The maximum atomic E-state index is 11.3. The predicted octanol–water partition coefficient (Wildman–Crippen LogP) is -0.243. The van der Waals surface area contributed by atoms with Gasteiger partial charge in [0, 0.05) is 25.7 Å². The van der Waals surface area contributed by atoms with E-state index in [4.69, 9.17) is 15.0 Å². The molecule has 0 saturated carbocycles. The quantitative estimate of drug-likeness (QED) is 0.799. The number of nitrogens with two attached hydrogens (primary N) is 1. The van der Waals surface area contributed by atoms with E-state index >= 15 is 0 Å². The zero-order valence-electron chi connectivity index (χ0n) is 11.5. The minimum Gasteiger partial charge on any atom is -0.379 e. The number of aromatic amines is 1. The summed E-state index contributed by atoms with van der Waals surface area (Å²) in [6.07, 6.45) is 0. The van der Waals surface area contributed by atoms with E-state index in [1.165, 1.54) is 6.07 Å². The number of nitrogens with zero attached hydrogens (tertiary/aromatic N) is 3. The molecule has 2 aromatic heterocycles. The van der Waals surface area contributed by atoms with Gasteiger partial charge in [-0.25, -0.2) is 0 Å². The monoisotopic (exact) mass is 291 g/mol. The summed E-state index contributed by atoms with van der Waals surface area (Å²) in [5, 5.41) is 3.90. The third-order valence-electron chi connectivity index (χ3n) is 3.33. The number of nitrogens with one attached hydrogen (secondary N) is 1. The Hall–Kier alpha value is -2.03. The largest absolute Gasteiger partial charge is 0.379 e. The molecule has 0 aliphatic carbocycles. The lowest BCUT2D eigenvalue weighted by atomic mass is 10.2. The van der Waals surface area contributed by atoms with Gasteiger partial charge in [-0.1, -0.05) is 11.2 Å². The normalized spacial score (nSPS) is 17.8. The third-order valence-corrected chi connectivity index (χ3v) is 3.33. The van der Waals surface area contributed by atoms with Gasteiger partial charge in [-0.3, -0.25) is 9.69 Å². The van der Waals surface area contributed by atoms with Crippen LogP contribution in [0.5, 0.6) is 0 Å². The van der Waals surface area contributed by atoms with Crippen LogP contribution in [0.3, 0.4) is 0 Å². The van der Waals surface area contributed by atoms with Crippen molar-refractivity contribution in [2.75, 3.05) is 32.8 Å². The van der Waals surface area contributed by atoms with Crippen molar-refractivity contribution in [1.82, 2.24) is 20.0 Å². The summed E-state index contributed by atoms with van der Waals surface area (Å²) in [5.74, 6) is 0.696. The molecular formula is C13H17N5O3. The summed E-state index contributed by atoms with van der Waals surface area (Å²) in [7, 11) is 0. The van der Waals surface area contributed by atoms with Crippen LogP contribution in [0.2, 0.25) is 0 Å². The van der Waals surface area contributed by atoms with Gasteiger partial charge in [-0.2, -0.15) is 4.98 Å². The second kappa shape index (κ2) is 6.17. The number of rotatable bonds is 4. The molecule has 3 N–H and O–H groups in total. The van der Waals surface area contributed by atoms with Crippen LogP contribution < -0.4 is 11.3 Å². The van der Waals surface area contributed by atoms with Gasteiger partial charge in [-0.15, -0.1) is 0 Å². The van der Waals surface area contributed by atoms with E-state index in [1.54, 1.807) is 12.1 Å². The van der Waals surface area contributed by atoms with Crippen LogP contribution in [0.15, 0.2) is 27.5 Å². The molecule has 1 saturated heterocycles. The van der Waals surface area contributed by atoms with Crippen molar-refractivity contribution in [3.8, 4) is 11.6 Å². The number of ether oxygens (including phenoxy) is 1. The highest BCUT2D eigenvalue weighted by Crippen LogP contribution is 2.16. The number of H-pyrrole nitrogens is 1. The molecule has 1 aliphatic rings. The molecule has 0 spiro atoms. The maximum Gasteiger partial charge on any atom is 0.274 e. The van der Waals surface area contributed by atoms with Crippen molar-refractivity contribution in [1.29, 1.82) is 0 Å². The Labute approximate surface area is 120 Å². The molecule has 21 heavy (non-hydrogen) atoms. The van der Waals surface area contributed by atoms with E-state index < -0.39 is 0 Å². The lowest BCUT2D eigenvalue weighted by Gasteiger charge is -2.27. The first kappa shape index (κ1) is 13.9. The van der Waals surface area contributed by atoms with E-state index in [0.717, 1.165) is 26.3 Å². The van der Waals surface area contributed by atoms with Gasteiger partial charge < -0.3 is 20.0 Å². The number of aromatic nitrogens is 3. The lowest BCUT2D eigenvalue weighted by Crippen LogP contribution is -2.40. The molecule has 0 aromatic carbocycles. The first-order chi connectivity index (χ1) is 10.2. The minimum atomic E-state index is -0.337. The minimum absolute atomic E-state index is 0.218. The van der Waals surface area contributed by atoms with Crippen LogP contribution in [-0.4, -0.2) is 52.9 Å². The summed E-state index contributed by atoms with van der Waals surface area (Å²) in [6, 6.07) is 4.42. The summed E-state index contributed by atoms with van der Waals surface area (Å²) >= 11 is 0. The standard InChI is InChI=1S/C13H17N5O3/c14-9(8-18-4-6-20-7-5-18)12-16-13(21-17-12)10-2-1-3-11(19)15-10/h1-3,9H,4-8,14H2,(H,15,19). The van der Waals surface area contributed by atoms with E-state index in [9.17, 15) is 4.79 Å². The molecule has 2 aromatic rings. The fraction of sp³-hybridized carbons (Fsp3) is 0.462. The van der Waals surface area contributed by atoms with E-state index in [-0.39, 0.29) is 17.5 Å². The first-order valence-electron chi connectivity index (χ1n) is 6.81. The molecule has 3 heterocycles. The molecular weight excluding hydrogens is 274 g/mol. The highest BCUT2D eigenvalue weighted by atomic mass is 16.5. The van der Waals surface area contributed by atoms with E-state index in [1.807, 2.05) is 0 Å². The van der Waals surface area contributed by atoms with Gasteiger partial charge in [0.05, 0.1) is 19.3 Å². The van der Waals surface area contributed by atoms with Crippen LogP contribution in [0.1, 0.15) is 11.9 Å². The molecule has 1 unspecified atom stereocenters. The zero-order chi connectivity index (χ0) is 14.7. The van der Waals surface area contributed by atoms with Crippen LogP contribution in [-0.2, 0) is 4.74 Å². The Balaban J connectivity index is 1.70. The van der Waals surface area contributed by atoms with E-state index in [0.29, 0.717) is 18.1 Å². The van der Waals surface area contributed by atoms with Crippen molar-refractivity contribution >= 4 is 0 Å². The van der Waals surface area contributed by atoms with Gasteiger partial charge in [0.25, 0.3) is 5.89 Å². The summed E-state index contributed by atoms with van der Waals surface area (Å²) < 4.78 is 10.5. The average molecular weight is 291 g/mol. The van der Waals surface area contributed by atoms with Gasteiger partial charge in [0.1, 0.15) is 5.69 Å². The summed E-state index contributed by atoms with van der Waals surface area (Å²) in [4.78, 5) is 20.4. The predicted molar refractivity (Wildman–Crippen MR) is 74.5 cm³/mol. The first-order valence-corrected chi connectivity index (χ1v) is 6.81. The number of morpholine rings is 1. The lowest BCUT2D eigenvalue weighted by molar-refractivity contribution is 0.0348. The second-order valence-corrected chi connectivity index (χ2v) is 4.91. The van der Waals surface area contributed by atoms with Crippen molar-refractivity contribution < 1.29 is 9.26 Å². The van der Waals surface area contributed by atoms with Crippen LogP contribution in [0.4, 0.5) is 0 Å². The van der Waals surface area contributed by atoms with Gasteiger partial charge in [0.15, 0.2) is 5.82 Å². The fourth-order valence-electron chi connectivity index (χ4n) is 2.21. The number of hydrogen-bond acceptors (Lipinski definition) is 7. The highest BCUT2D eigenvalue weighted by Gasteiger charge is 2.20. The molecule has 8 heteroatoms. The molecule has 1 fully saturated rings. The van der Waals surface area contributed by atoms with Gasteiger partial charge in [-0.05, 0) is 6.07 Å². The SMILES string of the molecule is NC(CN1CCOCC1)c1noc(-c2cccc(=O)[nH]2)n1. The highest BCUT2D eigenvalue weighted by molar-refractivity contribution is 5.45. The summed E-state index contributed by atoms with van der Waals surface area (Å²) in [5.41, 5.74) is 6.38. The van der Waals surface area contributed by atoms with Crippen LogP contribution in [0, 0.1) is 0 Å². The molecule has 8 nitrogen and oxygen atoms in total. The molecule has 0 bridgehead atoms. The van der Waals surface area contributed by atoms with Crippen molar-refractivity contribution in [2.45, 2.75) is 6.04 Å². The zero-order valence-corrected chi connectivity index (χ0v) is 11.5. The van der Waals surface area contributed by atoms with E-state index in [2.05, 4.69) is 20.0 Å². The maximum absolute atomic E-state index is 11.3. The molecule has 1 aliphatic heterocycles. The smallest absolute Gasteiger partial charge is 0.274 e. The van der Waals surface area contributed by atoms with Gasteiger partial charge >= 0.3 is 0 Å². The average Bonchev–Trinajstić information content (AvgIpc) is 2.98. The molecule has 0 amide bonds. The number of hydrogen-bond donors (Lipinski definition) is 2. The fourth-order valence-corrected chi connectivity index (χ4v) is 2.21. The van der Waals surface area contributed by atoms with Crippen molar-refractivity contribution in [2.24, 2.45) is 5.73 Å². The van der Waals surface area contributed by atoms with Crippen LogP contribution >= 0.6 is 0 Å². The molecule has 1 atom stereocenters. The Morgan fingerprint density at radius 3 is 2.95 bits per heavy atom. The summed E-state index contributed by atoms with van der Waals surface area (Å²) in [6.45, 7) is 3.79. The Morgan fingerprint density at radius 2 is 2.19 bits per heavy atom. The van der Waals surface area contributed by atoms with Crippen LogP contribution in [0.25, 0.3) is 11.6 Å². The second-order valence-electron chi connectivity index (χ2n) is 4.91. The van der Waals surface area contributed by atoms with Crippen molar-refractivity contribution in [3.63, 3.8) is 0 Å². The Kier molecular flexibility index (Phi) is 4.09. The Morgan fingerprint density at radius 1 is 1.38 bits per heavy atom. The third kappa shape index (κ3) is 3.35. The molecule has 3 rings (SSSR count). The number of pyridine rings is 1. The molecule has 112 valence electrons.